The highest BCUT2D eigenvalue weighted by Gasteiger charge is 2.33. The molecule has 0 spiro atoms. The molecule has 23 heavy (non-hydrogen) atoms. The molecule has 3 rings (SSSR count). The zero-order valence-electron chi connectivity index (χ0n) is 14.1. The highest BCUT2D eigenvalue weighted by Crippen LogP contribution is 2.49. The Morgan fingerprint density at radius 3 is 2.91 bits per heavy atom. The molecule has 5 nitrogen and oxygen atoms in total. The topological polar surface area (TPSA) is 51.2 Å². The summed E-state index contributed by atoms with van der Waals surface area (Å²) in [5.41, 5.74) is 1.45. The van der Waals surface area contributed by atoms with Gasteiger partial charge in [0, 0.05) is 18.5 Å². The van der Waals surface area contributed by atoms with Crippen molar-refractivity contribution in [2.45, 2.75) is 38.3 Å². The van der Waals surface area contributed by atoms with Crippen molar-refractivity contribution >= 4 is 0 Å². The van der Waals surface area contributed by atoms with Crippen molar-refractivity contribution in [3.63, 3.8) is 0 Å². The smallest absolute Gasteiger partial charge is 0.231 e. The molecule has 0 aromatic heterocycles. The van der Waals surface area contributed by atoms with Gasteiger partial charge in [-0.15, -0.1) is 0 Å². The Labute approximate surface area is 137 Å². The summed E-state index contributed by atoms with van der Waals surface area (Å²) in [6.45, 7) is 4.66. The lowest BCUT2D eigenvalue weighted by Crippen LogP contribution is -2.32. The maximum absolute atomic E-state index is 9.86. The molecule has 5 heteroatoms. The highest BCUT2D eigenvalue weighted by molar-refractivity contribution is 5.62. The monoisotopic (exact) mass is 317 g/mol. The Balaban J connectivity index is 2.04. The summed E-state index contributed by atoms with van der Waals surface area (Å²) in [6.07, 6.45) is 1.35. The van der Waals surface area contributed by atoms with E-state index in [0.29, 0.717) is 17.9 Å². The van der Waals surface area contributed by atoms with E-state index in [1.165, 1.54) is 5.56 Å². The Kier molecular flexibility index (Phi) is 4.13. The molecule has 0 saturated heterocycles. The minimum absolute atomic E-state index is 0.0782. The Morgan fingerprint density at radius 1 is 1.43 bits per heavy atom. The number of aliphatic hydroxyl groups is 1. The van der Waals surface area contributed by atoms with E-state index in [9.17, 15) is 5.11 Å². The van der Waals surface area contributed by atoms with Crippen LogP contribution >= 0.6 is 0 Å². The summed E-state index contributed by atoms with van der Waals surface area (Å²) in [6, 6.07) is 1.96. The molecule has 124 valence electrons. The third-order valence-corrected chi connectivity index (χ3v) is 4.16. The van der Waals surface area contributed by atoms with Gasteiger partial charge < -0.3 is 19.3 Å². The second-order valence-corrected chi connectivity index (χ2v) is 6.66. The van der Waals surface area contributed by atoms with Crippen LogP contribution in [0.4, 0.5) is 0 Å². The predicted molar refractivity (Wildman–Crippen MR) is 86.9 cm³/mol. The first kappa shape index (κ1) is 16.0. The second-order valence-electron chi connectivity index (χ2n) is 6.66. The lowest BCUT2D eigenvalue weighted by atomic mass is 9.91. The van der Waals surface area contributed by atoms with Crippen LogP contribution in [0.5, 0.6) is 17.2 Å². The van der Waals surface area contributed by atoms with Crippen LogP contribution in [-0.4, -0.2) is 43.1 Å². The van der Waals surface area contributed by atoms with Crippen molar-refractivity contribution in [2.75, 3.05) is 27.5 Å². The zero-order chi connectivity index (χ0) is 16.6. The zero-order valence-corrected chi connectivity index (χ0v) is 14.1. The largest absolute Gasteiger partial charge is 0.492 e. The summed E-state index contributed by atoms with van der Waals surface area (Å²) in [5.74, 6) is 8.52. The van der Waals surface area contributed by atoms with Crippen molar-refractivity contribution in [2.24, 2.45) is 0 Å². The number of rotatable bonds is 2. The first-order valence-corrected chi connectivity index (χ1v) is 7.81. The van der Waals surface area contributed by atoms with Crippen molar-refractivity contribution in [1.82, 2.24) is 4.90 Å². The third kappa shape index (κ3) is 3.10. The molecule has 1 N–H and O–H groups in total. The number of hydrogen-bond donors (Lipinski definition) is 1. The molecule has 1 unspecified atom stereocenters. The molecular weight excluding hydrogens is 294 g/mol. The molecule has 2 heterocycles. The Bertz CT molecular complexity index is 666. The highest BCUT2D eigenvalue weighted by atomic mass is 16.7. The molecule has 2 aliphatic rings. The van der Waals surface area contributed by atoms with Crippen LogP contribution < -0.4 is 14.2 Å². The Hall–Kier alpha value is -1.90. The average molecular weight is 317 g/mol. The van der Waals surface area contributed by atoms with Gasteiger partial charge in [-0.3, -0.25) is 4.90 Å². The number of likely N-dealkylation sites (N-methyl/N-ethyl adjacent to an activating group) is 1. The average Bonchev–Trinajstić information content (AvgIpc) is 2.94. The number of benzene rings is 1. The summed E-state index contributed by atoms with van der Waals surface area (Å²) < 4.78 is 16.7. The van der Waals surface area contributed by atoms with E-state index in [-0.39, 0.29) is 12.8 Å². The quantitative estimate of drug-likeness (QED) is 0.847. The normalized spacial score (nSPS) is 19.8. The van der Waals surface area contributed by atoms with E-state index in [1.54, 1.807) is 21.0 Å². The summed E-state index contributed by atoms with van der Waals surface area (Å²) in [5, 5.41) is 9.86. The molecule has 1 aromatic carbocycles. The van der Waals surface area contributed by atoms with Crippen LogP contribution in [-0.2, 0) is 6.42 Å². The van der Waals surface area contributed by atoms with Gasteiger partial charge in [0.15, 0.2) is 11.5 Å². The van der Waals surface area contributed by atoms with Crippen LogP contribution in [0.2, 0.25) is 0 Å². The molecule has 0 amide bonds. The summed E-state index contributed by atoms with van der Waals surface area (Å²) in [7, 11) is 3.70. The number of methoxy groups -OCH3 is 1. The van der Waals surface area contributed by atoms with Crippen molar-refractivity contribution in [1.29, 1.82) is 0 Å². The maximum Gasteiger partial charge on any atom is 0.231 e. The summed E-state index contributed by atoms with van der Waals surface area (Å²) in [4.78, 5) is 2.20. The molecular formula is C18H23NO4. The molecule has 0 bridgehead atoms. The molecule has 0 radical (unpaired) electrons. The van der Waals surface area contributed by atoms with Crippen molar-refractivity contribution < 1.29 is 19.3 Å². The molecule has 0 fully saturated rings. The Morgan fingerprint density at radius 2 is 2.22 bits per heavy atom. The van der Waals surface area contributed by atoms with E-state index >= 15 is 0 Å². The second kappa shape index (κ2) is 5.95. The SMILES string of the molecule is COc1c2c(cc3c1C(C#CCC(C)(C)O)N(C)CC3)OCO2. The van der Waals surface area contributed by atoms with E-state index in [4.69, 9.17) is 14.2 Å². The van der Waals surface area contributed by atoms with E-state index in [0.717, 1.165) is 24.3 Å². The summed E-state index contributed by atoms with van der Waals surface area (Å²) >= 11 is 0. The van der Waals surface area contributed by atoms with Crippen molar-refractivity contribution in [3.8, 4) is 29.1 Å². The van der Waals surface area contributed by atoms with E-state index < -0.39 is 5.60 Å². The molecule has 1 atom stereocenters. The van der Waals surface area contributed by atoms with E-state index in [2.05, 4.69) is 23.8 Å². The standard InChI is InChI=1S/C18H23NO4/c1-18(2,20)8-5-6-13-15-12(7-9-19(13)3)10-14-16(17(15)21-4)23-11-22-14/h10,13,20H,7-9,11H2,1-4H3. The third-order valence-electron chi connectivity index (χ3n) is 4.16. The van der Waals surface area contributed by atoms with Crippen molar-refractivity contribution in [3.05, 3.63) is 17.2 Å². The van der Waals surface area contributed by atoms with E-state index in [1.807, 2.05) is 6.07 Å². The number of hydrogen-bond acceptors (Lipinski definition) is 5. The van der Waals surface area contributed by atoms with Gasteiger partial charge in [0.1, 0.15) is 6.04 Å². The number of fused-ring (bicyclic) bond motifs is 2. The first-order chi connectivity index (χ1) is 10.9. The van der Waals surface area contributed by atoms with Gasteiger partial charge in [-0.25, -0.2) is 0 Å². The minimum atomic E-state index is -0.790. The minimum Gasteiger partial charge on any atom is -0.492 e. The molecule has 1 aromatic rings. The fourth-order valence-electron chi connectivity index (χ4n) is 2.98. The lowest BCUT2D eigenvalue weighted by molar-refractivity contribution is 0.0861. The van der Waals surface area contributed by atoms with Crippen LogP contribution in [0, 0.1) is 11.8 Å². The fourth-order valence-corrected chi connectivity index (χ4v) is 2.98. The van der Waals surface area contributed by atoms with Crippen LogP contribution in [0.3, 0.4) is 0 Å². The predicted octanol–water partition coefficient (Wildman–Crippen LogP) is 2.12. The van der Waals surface area contributed by atoms with Gasteiger partial charge >= 0.3 is 0 Å². The van der Waals surface area contributed by atoms with Crippen LogP contribution in [0.15, 0.2) is 6.07 Å². The molecule has 0 saturated carbocycles. The van der Waals surface area contributed by atoms with Crippen LogP contribution in [0.25, 0.3) is 0 Å². The van der Waals surface area contributed by atoms with Gasteiger partial charge in [-0.05, 0) is 38.9 Å². The molecule has 0 aliphatic carbocycles. The van der Waals surface area contributed by atoms with Crippen LogP contribution in [0.1, 0.15) is 37.4 Å². The van der Waals surface area contributed by atoms with Gasteiger partial charge in [-0.1, -0.05) is 11.8 Å². The van der Waals surface area contributed by atoms with Gasteiger partial charge in [-0.2, -0.15) is 0 Å². The number of nitrogens with zero attached hydrogens (tertiary/aromatic N) is 1. The fraction of sp³-hybridized carbons (Fsp3) is 0.556. The lowest BCUT2D eigenvalue weighted by Gasteiger charge is -2.32. The number of ether oxygens (including phenoxy) is 3. The maximum atomic E-state index is 9.86. The molecule has 2 aliphatic heterocycles. The van der Waals surface area contributed by atoms with Gasteiger partial charge in [0.05, 0.1) is 12.7 Å². The first-order valence-electron chi connectivity index (χ1n) is 7.81. The van der Waals surface area contributed by atoms with Gasteiger partial charge in [0.25, 0.3) is 0 Å². The van der Waals surface area contributed by atoms with Gasteiger partial charge in [0.2, 0.25) is 12.5 Å².